The summed E-state index contributed by atoms with van der Waals surface area (Å²) < 4.78 is 15.2. The van der Waals surface area contributed by atoms with Gasteiger partial charge in [-0.15, -0.1) is 0 Å². The molecule has 7 nitrogen and oxygen atoms in total. The van der Waals surface area contributed by atoms with E-state index in [0.717, 1.165) is 5.56 Å². The van der Waals surface area contributed by atoms with Crippen molar-refractivity contribution in [2.75, 3.05) is 20.3 Å². The van der Waals surface area contributed by atoms with Crippen molar-refractivity contribution >= 4 is 24.0 Å². The molecule has 31 heavy (non-hydrogen) atoms. The average molecular weight is 430 g/mol. The number of esters is 3. The summed E-state index contributed by atoms with van der Waals surface area (Å²) in [5.41, 5.74) is -0.120. The van der Waals surface area contributed by atoms with Gasteiger partial charge in [-0.3, -0.25) is 14.4 Å². The molecule has 0 saturated heterocycles. The second kappa shape index (κ2) is 11.3. The number of hydrogen-bond donors (Lipinski definition) is 0. The minimum atomic E-state index is -0.894. The molecule has 0 radical (unpaired) electrons. The normalized spacial score (nSPS) is 13.5. The molecule has 0 N–H and O–H groups in total. The zero-order chi connectivity index (χ0) is 23.7. The first-order valence-electron chi connectivity index (χ1n) is 10.1. The minimum absolute atomic E-state index is 0.144. The largest absolute Gasteiger partial charge is 0.469 e. The van der Waals surface area contributed by atoms with Gasteiger partial charge >= 0.3 is 17.9 Å². The second-order valence-corrected chi connectivity index (χ2v) is 8.29. The zero-order valence-corrected chi connectivity index (χ0v) is 19.1. The fourth-order valence-electron chi connectivity index (χ4n) is 3.14. The van der Waals surface area contributed by atoms with E-state index < -0.39 is 28.7 Å². The van der Waals surface area contributed by atoms with Gasteiger partial charge in [-0.1, -0.05) is 36.8 Å². The van der Waals surface area contributed by atoms with Gasteiger partial charge in [-0.2, -0.15) is 0 Å². The summed E-state index contributed by atoms with van der Waals surface area (Å²) in [6.45, 7) is 15.8. The quantitative estimate of drug-likeness (QED) is 0.181. The van der Waals surface area contributed by atoms with Crippen LogP contribution in [0, 0.1) is 24.3 Å². The van der Waals surface area contributed by atoms with Gasteiger partial charge in [0.1, 0.15) is 13.2 Å². The first kappa shape index (κ1) is 25.9. The molecule has 0 fully saturated rings. The van der Waals surface area contributed by atoms with Crippen LogP contribution in [0.25, 0.3) is 10.9 Å². The van der Waals surface area contributed by atoms with Gasteiger partial charge in [0.25, 0.3) is 5.70 Å². The van der Waals surface area contributed by atoms with Crippen molar-refractivity contribution in [1.82, 2.24) is 0 Å². The Bertz CT molecular complexity index is 863. The Labute approximate surface area is 184 Å². The fourth-order valence-corrected chi connectivity index (χ4v) is 3.14. The van der Waals surface area contributed by atoms with Crippen molar-refractivity contribution in [1.29, 1.82) is 0 Å². The van der Waals surface area contributed by atoms with Crippen molar-refractivity contribution in [2.24, 2.45) is 10.8 Å². The third-order valence-electron chi connectivity index (χ3n) is 5.10. The Balaban J connectivity index is 2.64. The lowest BCUT2D eigenvalue weighted by molar-refractivity contribution is -0.164. The molecule has 1 rings (SSSR count). The fraction of sp³-hybridized carbons (Fsp3) is 0.500. The zero-order valence-electron chi connectivity index (χ0n) is 19.1. The molecule has 0 amide bonds. The van der Waals surface area contributed by atoms with Crippen LogP contribution in [-0.2, 0) is 28.6 Å². The SMILES string of the molecule is [C-]#[N+]/C(=C\c1ccc(C)cc1)C(=O)OCCOC(=O)C(C)(CC)CC(C)(C)C(=O)OC. The van der Waals surface area contributed by atoms with E-state index in [1.807, 2.05) is 26.0 Å². The van der Waals surface area contributed by atoms with Crippen LogP contribution >= 0.6 is 0 Å². The molecule has 0 saturated carbocycles. The third-order valence-corrected chi connectivity index (χ3v) is 5.10. The highest BCUT2D eigenvalue weighted by Crippen LogP contribution is 2.38. The molecular weight excluding hydrogens is 398 g/mol. The van der Waals surface area contributed by atoms with Gasteiger partial charge in [0.2, 0.25) is 0 Å². The molecule has 0 heterocycles. The van der Waals surface area contributed by atoms with Crippen LogP contribution in [0.3, 0.4) is 0 Å². The standard InChI is InChI=1S/C24H31NO6/c1-8-24(5,16-23(3,4)21(27)29-7)22(28)31-14-13-30-20(26)19(25-6)15-18-11-9-17(2)10-12-18/h9-12,15H,8,13-14,16H2,1-5,7H3/b19-15-. The molecule has 168 valence electrons. The first-order chi connectivity index (χ1) is 14.5. The number of carbonyl (C=O) groups is 3. The molecule has 1 atom stereocenters. The van der Waals surface area contributed by atoms with Crippen LogP contribution in [0.2, 0.25) is 0 Å². The van der Waals surface area contributed by atoms with Crippen LogP contribution in [-0.4, -0.2) is 38.2 Å². The van der Waals surface area contributed by atoms with E-state index in [0.29, 0.717) is 12.0 Å². The maximum atomic E-state index is 12.6. The third kappa shape index (κ3) is 7.56. The minimum Gasteiger partial charge on any atom is -0.469 e. The molecule has 1 aromatic rings. The van der Waals surface area contributed by atoms with E-state index >= 15 is 0 Å². The van der Waals surface area contributed by atoms with E-state index in [4.69, 9.17) is 20.8 Å². The molecule has 1 unspecified atom stereocenters. The van der Waals surface area contributed by atoms with E-state index in [1.165, 1.54) is 13.2 Å². The number of benzene rings is 1. The highest BCUT2D eigenvalue weighted by atomic mass is 16.6. The molecule has 0 aliphatic carbocycles. The van der Waals surface area contributed by atoms with Gasteiger partial charge in [0, 0.05) is 0 Å². The monoisotopic (exact) mass is 429 g/mol. The maximum absolute atomic E-state index is 12.6. The Kier molecular flexibility index (Phi) is 9.44. The summed E-state index contributed by atoms with van der Waals surface area (Å²) in [5, 5.41) is 0. The maximum Gasteiger partial charge on any atom is 0.336 e. The molecule has 1 aromatic carbocycles. The van der Waals surface area contributed by atoms with Gasteiger partial charge in [-0.25, -0.2) is 4.85 Å². The molecule has 7 heteroatoms. The Morgan fingerprint density at radius 1 is 1.03 bits per heavy atom. The summed E-state index contributed by atoms with van der Waals surface area (Å²) in [6, 6.07) is 7.36. The van der Waals surface area contributed by atoms with E-state index in [9.17, 15) is 14.4 Å². The molecular formula is C24H31NO6. The van der Waals surface area contributed by atoms with Gasteiger partial charge < -0.3 is 14.2 Å². The molecule has 0 aliphatic rings. The smallest absolute Gasteiger partial charge is 0.336 e. The first-order valence-corrected chi connectivity index (χ1v) is 10.1. The van der Waals surface area contributed by atoms with Crippen molar-refractivity contribution in [3.05, 3.63) is 52.5 Å². The number of hydrogen-bond acceptors (Lipinski definition) is 6. The number of methoxy groups -OCH3 is 1. The van der Waals surface area contributed by atoms with Crippen molar-refractivity contribution in [3.63, 3.8) is 0 Å². The highest BCUT2D eigenvalue weighted by Gasteiger charge is 2.42. The number of nitrogens with zero attached hydrogens (tertiary/aromatic N) is 1. The summed E-state index contributed by atoms with van der Waals surface area (Å²) >= 11 is 0. The van der Waals surface area contributed by atoms with Crippen molar-refractivity contribution < 1.29 is 28.6 Å². The number of carbonyl (C=O) groups excluding carboxylic acids is 3. The van der Waals surface area contributed by atoms with Crippen LogP contribution in [0.1, 0.15) is 51.7 Å². The Morgan fingerprint density at radius 3 is 2.13 bits per heavy atom. The van der Waals surface area contributed by atoms with Crippen LogP contribution in [0.5, 0.6) is 0 Å². The summed E-state index contributed by atoms with van der Waals surface area (Å²) in [5.74, 6) is -1.67. The van der Waals surface area contributed by atoms with Crippen LogP contribution < -0.4 is 0 Å². The number of aryl methyl sites for hydroxylation is 1. The highest BCUT2D eigenvalue weighted by molar-refractivity contribution is 5.95. The molecule has 0 aromatic heterocycles. The number of ether oxygens (including phenoxy) is 3. The lowest BCUT2D eigenvalue weighted by Crippen LogP contribution is -2.38. The van der Waals surface area contributed by atoms with E-state index in [2.05, 4.69) is 4.85 Å². The number of rotatable bonds is 10. The lowest BCUT2D eigenvalue weighted by Gasteiger charge is -2.33. The second-order valence-electron chi connectivity index (χ2n) is 8.29. The van der Waals surface area contributed by atoms with E-state index in [-0.39, 0.29) is 25.3 Å². The molecule has 0 bridgehead atoms. The predicted octanol–water partition coefficient (Wildman–Crippen LogP) is 4.35. The van der Waals surface area contributed by atoms with Gasteiger partial charge in [0.05, 0.1) is 24.5 Å². The van der Waals surface area contributed by atoms with E-state index in [1.54, 1.807) is 32.9 Å². The topological polar surface area (TPSA) is 83.3 Å². The summed E-state index contributed by atoms with van der Waals surface area (Å²) in [4.78, 5) is 39.9. The van der Waals surface area contributed by atoms with Crippen LogP contribution in [0.4, 0.5) is 0 Å². The lowest BCUT2D eigenvalue weighted by atomic mass is 9.72. The Hall–Kier alpha value is -3.14. The van der Waals surface area contributed by atoms with Crippen molar-refractivity contribution in [3.8, 4) is 0 Å². The van der Waals surface area contributed by atoms with Gasteiger partial charge in [-0.05, 0) is 52.2 Å². The molecule has 0 spiro atoms. The summed E-state index contributed by atoms with van der Waals surface area (Å²) in [6.07, 6.45) is 2.17. The van der Waals surface area contributed by atoms with Crippen molar-refractivity contribution in [2.45, 2.75) is 47.5 Å². The average Bonchev–Trinajstić information content (AvgIpc) is 2.74. The molecule has 0 aliphatic heterocycles. The van der Waals surface area contributed by atoms with Crippen LogP contribution in [0.15, 0.2) is 30.0 Å². The van der Waals surface area contributed by atoms with Gasteiger partial charge in [0.15, 0.2) is 0 Å². The Morgan fingerprint density at radius 2 is 1.61 bits per heavy atom. The predicted molar refractivity (Wildman–Crippen MR) is 116 cm³/mol. The summed E-state index contributed by atoms with van der Waals surface area (Å²) in [7, 11) is 1.31.